The zero-order valence-electron chi connectivity index (χ0n) is 8.34. The second kappa shape index (κ2) is 3.84. The van der Waals surface area contributed by atoms with Crippen LogP contribution in [0.25, 0.3) is 0 Å². The highest BCUT2D eigenvalue weighted by molar-refractivity contribution is 5.99. The monoisotopic (exact) mass is 222 g/mol. The molecular weight excluding hydrogens is 212 g/mol. The van der Waals surface area contributed by atoms with Gasteiger partial charge in [0.05, 0.1) is 6.61 Å². The van der Waals surface area contributed by atoms with E-state index in [2.05, 4.69) is 0 Å². The van der Waals surface area contributed by atoms with Gasteiger partial charge in [-0.3, -0.25) is 9.59 Å². The largest absolute Gasteiger partial charge is 0.493 e. The normalized spacial score (nSPS) is 13.3. The van der Waals surface area contributed by atoms with Crippen molar-refractivity contribution in [1.29, 1.82) is 0 Å². The summed E-state index contributed by atoms with van der Waals surface area (Å²) in [4.78, 5) is 21.7. The van der Waals surface area contributed by atoms with Gasteiger partial charge in [-0.05, 0) is 17.2 Å². The molecule has 1 heterocycles. The second-order valence-electron chi connectivity index (χ2n) is 3.58. The summed E-state index contributed by atoms with van der Waals surface area (Å²) in [5.41, 5.74) is 1.15. The SMILES string of the molecule is O=C(O)C(C(=O)O)c1ccc2c(c1)CCO2. The Labute approximate surface area is 91.3 Å². The lowest BCUT2D eigenvalue weighted by atomic mass is 9.97. The fourth-order valence-electron chi connectivity index (χ4n) is 1.78. The van der Waals surface area contributed by atoms with Gasteiger partial charge < -0.3 is 14.9 Å². The van der Waals surface area contributed by atoms with Crippen molar-refractivity contribution in [2.75, 3.05) is 6.61 Å². The number of hydrogen-bond donors (Lipinski definition) is 2. The second-order valence-corrected chi connectivity index (χ2v) is 3.58. The van der Waals surface area contributed by atoms with Crippen LogP contribution >= 0.6 is 0 Å². The Kier molecular flexibility index (Phi) is 2.52. The third-order valence-electron chi connectivity index (χ3n) is 2.54. The number of aliphatic carboxylic acids is 2. The minimum atomic E-state index is -1.51. The quantitative estimate of drug-likeness (QED) is 0.741. The molecule has 2 rings (SSSR count). The molecule has 0 aromatic heterocycles. The van der Waals surface area contributed by atoms with Gasteiger partial charge in [-0.2, -0.15) is 0 Å². The molecule has 0 aliphatic carbocycles. The van der Waals surface area contributed by atoms with Crippen LogP contribution in [0.5, 0.6) is 5.75 Å². The van der Waals surface area contributed by atoms with E-state index in [1.165, 1.54) is 6.07 Å². The van der Waals surface area contributed by atoms with Gasteiger partial charge in [0.1, 0.15) is 5.75 Å². The maximum Gasteiger partial charge on any atom is 0.322 e. The Morgan fingerprint density at radius 2 is 1.94 bits per heavy atom. The number of carbonyl (C=O) groups is 2. The number of benzene rings is 1. The van der Waals surface area contributed by atoms with E-state index in [1.54, 1.807) is 12.1 Å². The molecule has 0 radical (unpaired) electrons. The molecule has 0 saturated heterocycles. The predicted octanol–water partition coefficient (Wildman–Crippen LogP) is 0.874. The lowest BCUT2D eigenvalue weighted by Gasteiger charge is -2.08. The smallest absolute Gasteiger partial charge is 0.322 e. The first kappa shape index (κ1) is 10.5. The molecule has 5 nitrogen and oxygen atoms in total. The molecule has 0 saturated carbocycles. The minimum Gasteiger partial charge on any atom is -0.493 e. The van der Waals surface area contributed by atoms with Crippen molar-refractivity contribution in [2.45, 2.75) is 12.3 Å². The Bertz CT molecular complexity index is 438. The van der Waals surface area contributed by atoms with Crippen LogP contribution in [0, 0.1) is 0 Å². The molecule has 0 unspecified atom stereocenters. The summed E-state index contributed by atoms with van der Waals surface area (Å²) in [6, 6.07) is 4.70. The van der Waals surface area contributed by atoms with Crippen molar-refractivity contribution in [2.24, 2.45) is 0 Å². The Hall–Kier alpha value is -2.04. The number of carboxylic acids is 2. The van der Waals surface area contributed by atoms with E-state index in [1.807, 2.05) is 0 Å². The first-order valence-electron chi connectivity index (χ1n) is 4.81. The van der Waals surface area contributed by atoms with Crippen LogP contribution in [0.3, 0.4) is 0 Å². The average Bonchev–Trinajstić information content (AvgIpc) is 2.63. The number of hydrogen-bond acceptors (Lipinski definition) is 3. The predicted molar refractivity (Wildman–Crippen MR) is 53.7 cm³/mol. The summed E-state index contributed by atoms with van der Waals surface area (Å²) in [5.74, 6) is -3.51. The highest BCUT2D eigenvalue weighted by Crippen LogP contribution is 2.29. The summed E-state index contributed by atoms with van der Waals surface area (Å²) in [5, 5.41) is 17.7. The average molecular weight is 222 g/mol. The van der Waals surface area contributed by atoms with Crippen molar-refractivity contribution < 1.29 is 24.5 Å². The highest BCUT2D eigenvalue weighted by atomic mass is 16.5. The van der Waals surface area contributed by atoms with Gasteiger partial charge >= 0.3 is 11.9 Å². The molecule has 84 valence electrons. The molecule has 16 heavy (non-hydrogen) atoms. The molecule has 0 atom stereocenters. The van der Waals surface area contributed by atoms with E-state index in [0.717, 1.165) is 5.56 Å². The molecule has 1 aromatic carbocycles. The van der Waals surface area contributed by atoms with Crippen molar-refractivity contribution in [3.05, 3.63) is 29.3 Å². The zero-order valence-corrected chi connectivity index (χ0v) is 8.34. The summed E-state index contributed by atoms with van der Waals surface area (Å²) in [6.07, 6.45) is 0.690. The molecule has 0 spiro atoms. The van der Waals surface area contributed by atoms with Gasteiger partial charge in [0.2, 0.25) is 0 Å². The Balaban J connectivity index is 2.39. The van der Waals surface area contributed by atoms with Gasteiger partial charge in [-0.15, -0.1) is 0 Å². The topological polar surface area (TPSA) is 83.8 Å². The lowest BCUT2D eigenvalue weighted by molar-refractivity contribution is -0.150. The molecule has 5 heteroatoms. The van der Waals surface area contributed by atoms with Crippen molar-refractivity contribution in [3.63, 3.8) is 0 Å². The minimum absolute atomic E-state index is 0.282. The summed E-state index contributed by atoms with van der Waals surface area (Å²) in [7, 11) is 0. The maximum atomic E-state index is 10.8. The van der Waals surface area contributed by atoms with Gasteiger partial charge in [-0.1, -0.05) is 12.1 Å². The molecule has 0 bridgehead atoms. The van der Waals surface area contributed by atoms with Crippen LogP contribution in [0.1, 0.15) is 17.0 Å². The zero-order chi connectivity index (χ0) is 11.7. The standard InChI is InChI=1S/C11H10O5/c12-10(13)9(11(14)15)7-1-2-8-6(5-7)3-4-16-8/h1-2,5,9H,3-4H2,(H,12,13)(H,14,15). The molecule has 0 fully saturated rings. The fraction of sp³-hybridized carbons (Fsp3) is 0.273. The molecule has 1 aliphatic heterocycles. The lowest BCUT2D eigenvalue weighted by Crippen LogP contribution is -2.21. The summed E-state index contributed by atoms with van der Waals surface area (Å²) >= 11 is 0. The van der Waals surface area contributed by atoms with Gasteiger partial charge in [-0.25, -0.2) is 0 Å². The number of rotatable bonds is 3. The van der Waals surface area contributed by atoms with Crippen LogP contribution in [0.15, 0.2) is 18.2 Å². The van der Waals surface area contributed by atoms with E-state index in [9.17, 15) is 9.59 Å². The van der Waals surface area contributed by atoms with E-state index < -0.39 is 17.9 Å². The first-order valence-corrected chi connectivity index (χ1v) is 4.81. The van der Waals surface area contributed by atoms with Gasteiger partial charge in [0, 0.05) is 6.42 Å². The Morgan fingerprint density at radius 1 is 1.25 bits per heavy atom. The Morgan fingerprint density at radius 3 is 2.56 bits per heavy atom. The number of fused-ring (bicyclic) bond motifs is 1. The number of carboxylic acid groups (broad SMARTS) is 2. The highest BCUT2D eigenvalue weighted by Gasteiger charge is 2.29. The van der Waals surface area contributed by atoms with Crippen LogP contribution < -0.4 is 4.74 Å². The summed E-state index contributed by atoms with van der Waals surface area (Å²) < 4.78 is 5.26. The van der Waals surface area contributed by atoms with E-state index >= 15 is 0 Å². The fourth-order valence-corrected chi connectivity index (χ4v) is 1.78. The third kappa shape index (κ3) is 1.71. The van der Waals surface area contributed by atoms with Crippen LogP contribution in [-0.2, 0) is 16.0 Å². The summed E-state index contributed by atoms with van der Waals surface area (Å²) in [6.45, 7) is 0.559. The van der Waals surface area contributed by atoms with Crippen molar-refractivity contribution >= 4 is 11.9 Å². The van der Waals surface area contributed by atoms with E-state index in [4.69, 9.17) is 14.9 Å². The van der Waals surface area contributed by atoms with Crippen LogP contribution in [0.2, 0.25) is 0 Å². The molecule has 1 aromatic rings. The third-order valence-corrected chi connectivity index (χ3v) is 2.54. The van der Waals surface area contributed by atoms with Crippen molar-refractivity contribution in [1.82, 2.24) is 0 Å². The molecule has 0 amide bonds. The van der Waals surface area contributed by atoms with Crippen molar-refractivity contribution in [3.8, 4) is 5.75 Å². The number of ether oxygens (including phenoxy) is 1. The molecular formula is C11H10O5. The van der Waals surface area contributed by atoms with E-state index in [-0.39, 0.29) is 5.56 Å². The first-order chi connectivity index (χ1) is 7.59. The molecule has 2 N–H and O–H groups in total. The van der Waals surface area contributed by atoms with Gasteiger partial charge in [0.15, 0.2) is 5.92 Å². The molecule has 1 aliphatic rings. The van der Waals surface area contributed by atoms with Crippen LogP contribution in [-0.4, -0.2) is 28.8 Å². The maximum absolute atomic E-state index is 10.8. The van der Waals surface area contributed by atoms with Crippen LogP contribution in [0.4, 0.5) is 0 Å². The van der Waals surface area contributed by atoms with Gasteiger partial charge in [0.25, 0.3) is 0 Å². The van der Waals surface area contributed by atoms with E-state index in [0.29, 0.717) is 18.8 Å².